The van der Waals surface area contributed by atoms with Gasteiger partial charge < -0.3 is 0 Å². The van der Waals surface area contributed by atoms with E-state index in [0.717, 1.165) is 5.69 Å². The summed E-state index contributed by atoms with van der Waals surface area (Å²) in [6.07, 6.45) is 2.56. The monoisotopic (exact) mass is 309 g/mol. The van der Waals surface area contributed by atoms with Crippen molar-refractivity contribution in [1.82, 2.24) is 0 Å². The molecule has 2 heterocycles. The second-order valence-corrected chi connectivity index (χ2v) is 5.18. The smallest absolute Gasteiger partial charge is 0.249 e. The van der Waals surface area contributed by atoms with Gasteiger partial charge in [0.2, 0.25) is 11.5 Å². The van der Waals surface area contributed by atoms with E-state index in [4.69, 9.17) is 18.6 Å². The van der Waals surface area contributed by atoms with E-state index in [2.05, 4.69) is 16.7 Å². The molecule has 0 bridgehead atoms. The van der Waals surface area contributed by atoms with Crippen LogP contribution in [0.4, 0.5) is 0 Å². The van der Waals surface area contributed by atoms with Gasteiger partial charge in [0, 0.05) is 17.7 Å². The molecule has 0 radical (unpaired) electrons. The molecular weight excluding hydrogens is 298 g/mol. The minimum atomic E-state index is -4.94. The molecule has 0 fully saturated rings. The SMILES string of the molecule is O=C1CC(c2ccccc2)[n+]2ccccc21.[O-][Cl+3]([O-])([O-])[O-]. The lowest BCUT2D eigenvalue weighted by Crippen LogP contribution is -2.68. The predicted molar refractivity (Wildman–Crippen MR) is 60.2 cm³/mol. The van der Waals surface area contributed by atoms with Crippen molar-refractivity contribution in [2.75, 3.05) is 0 Å². The van der Waals surface area contributed by atoms with Crippen molar-refractivity contribution >= 4 is 5.78 Å². The summed E-state index contributed by atoms with van der Waals surface area (Å²) in [6, 6.07) is 16.1. The van der Waals surface area contributed by atoms with Crippen LogP contribution >= 0.6 is 0 Å². The Morgan fingerprint density at radius 1 is 0.952 bits per heavy atom. The summed E-state index contributed by atoms with van der Waals surface area (Å²) in [7, 11) is -4.94. The van der Waals surface area contributed by atoms with Crippen LogP contribution in [0.25, 0.3) is 0 Å². The molecule has 1 aromatic carbocycles. The number of ketones is 1. The first-order valence-corrected chi connectivity index (χ1v) is 7.30. The third-order valence-electron chi connectivity index (χ3n) is 3.07. The molecule has 0 saturated heterocycles. The zero-order valence-electron chi connectivity index (χ0n) is 10.8. The first-order valence-electron chi connectivity index (χ1n) is 6.06. The van der Waals surface area contributed by atoms with Gasteiger partial charge in [-0.05, 0) is 6.07 Å². The van der Waals surface area contributed by atoms with E-state index in [1.165, 1.54) is 5.56 Å². The molecule has 3 rings (SSSR count). The molecule has 2 aromatic rings. The number of pyridine rings is 1. The van der Waals surface area contributed by atoms with Crippen LogP contribution in [-0.4, -0.2) is 5.78 Å². The minimum absolute atomic E-state index is 0.171. The molecule has 1 aliphatic heterocycles. The quantitative estimate of drug-likeness (QED) is 0.536. The van der Waals surface area contributed by atoms with Crippen LogP contribution in [-0.2, 0) is 0 Å². The number of hydrogen-bond acceptors (Lipinski definition) is 5. The highest BCUT2D eigenvalue weighted by atomic mass is 35.7. The number of carbonyl (C=O) groups excluding carboxylic acids is 1. The zero-order valence-corrected chi connectivity index (χ0v) is 11.6. The predicted octanol–water partition coefficient (Wildman–Crippen LogP) is -2.61. The number of rotatable bonds is 1. The Morgan fingerprint density at radius 2 is 1.52 bits per heavy atom. The average molecular weight is 310 g/mol. The van der Waals surface area contributed by atoms with E-state index in [9.17, 15) is 4.79 Å². The summed E-state index contributed by atoms with van der Waals surface area (Å²) in [5.41, 5.74) is 2.02. The second-order valence-electron chi connectivity index (χ2n) is 4.42. The lowest BCUT2D eigenvalue weighted by Gasteiger charge is -2.17. The largest absolute Gasteiger partial charge is 0.287 e. The Bertz CT molecular complexity index is 621. The fourth-order valence-corrected chi connectivity index (χ4v) is 2.30. The minimum Gasteiger partial charge on any atom is -0.287 e. The molecule has 1 atom stereocenters. The summed E-state index contributed by atoms with van der Waals surface area (Å²) in [5, 5.41) is 0. The molecule has 1 aromatic heterocycles. The third kappa shape index (κ3) is 4.32. The molecule has 0 N–H and O–H groups in total. The number of fused-ring (bicyclic) bond motifs is 1. The second kappa shape index (κ2) is 6.30. The number of benzene rings is 1. The van der Waals surface area contributed by atoms with Crippen molar-refractivity contribution in [3.63, 3.8) is 0 Å². The van der Waals surface area contributed by atoms with E-state index < -0.39 is 10.2 Å². The van der Waals surface area contributed by atoms with Crippen LogP contribution in [0.1, 0.15) is 28.5 Å². The molecular formula is C14H12ClNO5. The number of aromatic nitrogens is 1. The van der Waals surface area contributed by atoms with Crippen molar-refractivity contribution in [3.05, 3.63) is 66.0 Å². The highest BCUT2D eigenvalue weighted by molar-refractivity contribution is 5.94. The molecule has 110 valence electrons. The molecule has 0 amide bonds. The Labute approximate surface area is 123 Å². The number of Topliss-reactive ketones (excluding diaryl/α,β-unsaturated/α-hetero) is 1. The summed E-state index contributed by atoms with van der Waals surface area (Å²) in [5.74, 6) is 0.231. The fourth-order valence-electron chi connectivity index (χ4n) is 2.30. The van der Waals surface area contributed by atoms with Crippen LogP contribution < -0.4 is 23.2 Å². The molecule has 6 nitrogen and oxygen atoms in total. The van der Waals surface area contributed by atoms with Crippen molar-refractivity contribution in [3.8, 4) is 0 Å². The maximum absolute atomic E-state index is 11.8. The van der Waals surface area contributed by atoms with Gasteiger partial charge in [0.05, 0.1) is 6.42 Å². The third-order valence-corrected chi connectivity index (χ3v) is 3.07. The molecule has 1 aliphatic rings. The van der Waals surface area contributed by atoms with Gasteiger partial charge in [0.1, 0.15) is 0 Å². The van der Waals surface area contributed by atoms with Crippen LogP contribution in [0.2, 0.25) is 0 Å². The summed E-state index contributed by atoms with van der Waals surface area (Å²) < 4.78 is 36.0. The first kappa shape index (κ1) is 15.6. The number of carbonyl (C=O) groups is 1. The van der Waals surface area contributed by atoms with E-state index in [1.807, 2.05) is 42.6 Å². The van der Waals surface area contributed by atoms with Gasteiger partial charge >= 0.3 is 0 Å². The van der Waals surface area contributed by atoms with Crippen molar-refractivity contribution < 1.29 is 38.2 Å². The standard InChI is InChI=1S/C14H12NO.ClHO4/c16-14-10-13(11-6-2-1-3-7-11)15-9-5-4-8-12(14)15;2-1(3,4)5/h1-9,13H,10H2;(H,2,3,4,5)/q+1;/p-1. The van der Waals surface area contributed by atoms with Gasteiger partial charge in [-0.2, -0.15) is 4.57 Å². The highest BCUT2D eigenvalue weighted by Gasteiger charge is 2.37. The number of halogens is 1. The number of nitrogens with zero attached hydrogens (tertiary/aromatic N) is 1. The Hall–Kier alpha value is -1.83. The fraction of sp³-hybridized carbons (Fsp3) is 0.143. The summed E-state index contributed by atoms with van der Waals surface area (Å²) >= 11 is 0. The molecule has 7 heteroatoms. The number of hydrogen-bond donors (Lipinski definition) is 0. The molecule has 0 saturated carbocycles. The van der Waals surface area contributed by atoms with Gasteiger partial charge in [-0.1, -0.05) is 30.3 Å². The normalized spacial score (nSPS) is 17.0. The maximum atomic E-state index is 11.8. The molecule has 21 heavy (non-hydrogen) atoms. The Morgan fingerprint density at radius 3 is 2.14 bits per heavy atom. The van der Waals surface area contributed by atoms with Gasteiger partial charge in [-0.25, -0.2) is 18.6 Å². The van der Waals surface area contributed by atoms with Gasteiger partial charge in [-0.3, -0.25) is 4.79 Å². The summed E-state index contributed by atoms with van der Waals surface area (Å²) in [4.78, 5) is 11.8. The zero-order chi connectivity index (χ0) is 15.5. The van der Waals surface area contributed by atoms with Crippen molar-refractivity contribution in [2.24, 2.45) is 0 Å². The molecule has 0 aliphatic carbocycles. The first-order chi connectivity index (χ1) is 9.86. The Kier molecular flexibility index (Phi) is 4.66. The molecule has 1 unspecified atom stereocenters. The van der Waals surface area contributed by atoms with Crippen LogP contribution in [0.15, 0.2) is 54.7 Å². The average Bonchev–Trinajstić information content (AvgIpc) is 2.76. The Balaban J connectivity index is 0.000000282. The van der Waals surface area contributed by atoms with E-state index in [1.54, 1.807) is 0 Å². The van der Waals surface area contributed by atoms with Crippen LogP contribution in [0, 0.1) is 10.2 Å². The molecule has 0 spiro atoms. The lowest BCUT2D eigenvalue weighted by atomic mass is 10.0. The highest BCUT2D eigenvalue weighted by Crippen LogP contribution is 2.23. The topological polar surface area (TPSA) is 113 Å². The van der Waals surface area contributed by atoms with Crippen LogP contribution in [0.5, 0.6) is 0 Å². The lowest BCUT2D eigenvalue weighted by molar-refractivity contribution is -2.00. The summed E-state index contributed by atoms with van der Waals surface area (Å²) in [6.45, 7) is 0. The van der Waals surface area contributed by atoms with Crippen LogP contribution in [0.3, 0.4) is 0 Å². The maximum Gasteiger partial charge on any atom is 0.249 e. The van der Waals surface area contributed by atoms with Gasteiger partial charge in [-0.15, -0.1) is 10.2 Å². The van der Waals surface area contributed by atoms with E-state index >= 15 is 0 Å². The van der Waals surface area contributed by atoms with Crippen molar-refractivity contribution in [1.29, 1.82) is 0 Å². The van der Waals surface area contributed by atoms with E-state index in [0.29, 0.717) is 6.42 Å². The van der Waals surface area contributed by atoms with Gasteiger partial charge in [0.15, 0.2) is 12.2 Å². The van der Waals surface area contributed by atoms with Crippen molar-refractivity contribution in [2.45, 2.75) is 12.5 Å². The van der Waals surface area contributed by atoms with Gasteiger partial charge in [0.25, 0.3) is 0 Å². The van der Waals surface area contributed by atoms with E-state index in [-0.39, 0.29) is 11.8 Å².